The molecule has 1 fully saturated rings. The van der Waals surface area contributed by atoms with Gasteiger partial charge in [-0.2, -0.15) is 0 Å². The van der Waals surface area contributed by atoms with E-state index in [0.717, 1.165) is 33.2 Å². The highest BCUT2D eigenvalue weighted by Crippen LogP contribution is 2.30. The molecular weight excluding hydrogens is 628 g/mol. The Morgan fingerprint density at radius 1 is 1.00 bits per heavy atom. The summed E-state index contributed by atoms with van der Waals surface area (Å²) in [4.78, 5) is 35.1. The first-order chi connectivity index (χ1) is 22.5. The highest BCUT2D eigenvalue weighted by Gasteiger charge is 2.30. The third-order valence-corrected chi connectivity index (χ3v) is 10.00. The van der Waals surface area contributed by atoms with Crippen molar-refractivity contribution in [2.45, 2.75) is 70.6 Å². The fraction of sp³-hybridized carbons (Fsp3) is 0.378. The molecule has 2 amide bonds. The number of piperazine rings is 1. The van der Waals surface area contributed by atoms with Crippen molar-refractivity contribution in [3.63, 3.8) is 0 Å². The van der Waals surface area contributed by atoms with Crippen LogP contribution in [0.2, 0.25) is 5.02 Å². The number of carbonyl (C=O) groups excluding carboxylic acids is 2. The summed E-state index contributed by atoms with van der Waals surface area (Å²) in [5.74, 6) is 0.838. The van der Waals surface area contributed by atoms with E-state index in [1.54, 1.807) is 0 Å². The zero-order valence-electron chi connectivity index (χ0n) is 27.7. The molecule has 0 radical (unpaired) electrons. The number of rotatable bonds is 8. The van der Waals surface area contributed by atoms with Crippen LogP contribution < -0.4 is 0 Å². The molecule has 10 heteroatoms. The number of hydrogen-bond donors (Lipinski definition) is 0. The van der Waals surface area contributed by atoms with E-state index in [2.05, 4.69) is 66.7 Å². The summed E-state index contributed by atoms with van der Waals surface area (Å²) < 4.78 is 2.17. The van der Waals surface area contributed by atoms with E-state index in [4.69, 9.17) is 16.6 Å². The minimum Gasteiger partial charge on any atom is -0.339 e. The van der Waals surface area contributed by atoms with Gasteiger partial charge in [0, 0.05) is 60.4 Å². The van der Waals surface area contributed by atoms with Gasteiger partial charge in [-0.25, -0.2) is 4.98 Å². The van der Waals surface area contributed by atoms with Gasteiger partial charge in [-0.3, -0.25) is 9.59 Å². The van der Waals surface area contributed by atoms with Gasteiger partial charge in [0.05, 0.1) is 5.52 Å². The van der Waals surface area contributed by atoms with E-state index in [1.807, 2.05) is 59.2 Å². The van der Waals surface area contributed by atoms with Gasteiger partial charge in [0.25, 0.3) is 5.91 Å². The molecule has 1 aliphatic heterocycles. The zero-order valence-corrected chi connectivity index (χ0v) is 29.2. The molecule has 2 aromatic heterocycles. The first kappa shape index (κ1) is 33.0. The lowest BCUT2D eigenvalue weighted by Gasteiger charge is -2.40. The molecule has 6 rings (SSSR count). The van der Waals surface area contributed by atoms with Gasteiger partial charge >= 0.3 is 0 Å². The van der Waals surface area contributed by atoms with Crippen molar-refractivity contribution in [1.29, 1.82) is 0 Å². The Balaban J connectivity index is 1.05. The number of aromatic nitrogens is 4. The van der Waals surface area contributed by atoms with Crippen LogP contribution in [0.3, 0.4) is 0 Å². The summed E-state index contributed by atoms with van der Waals surface area (Å²) in [5.41, 5.74) is 6.77. The second-order valence-corrected chi connectivity index (χ2v) is 15.0. The van der Waals surface area contributed by atoms with Crippen LogP contribution in [0.4, 0.5) is 0 Å². The third kappa shape index (κ3) is 7.31. The summed E-state index contributed by atoms with van der Waals surface area (Å²) in [6.45, 7) is 12.8. The van der Waals surface area contributed by atoms with E-state index in [1.165, 1.54) is 17.3 Å². The minimum atomic E-state index is -0.0504. The van der Waals surface area contributed by atoms with Crippen molar-refractivity contribution in [3.05, 3.63) is 94.0 Å². The molecule has 3 heterocycles. The maximum Gasteiger partial charge on any atom is 0.254 e. The van der Waals surface area contributed by atoms with Crippen molar-refractivity contribution in [2.75, 3.05) is 25.4 Å². The van der Waals surface area contributed by atoms with Crippen molar-refractivity contribution in [3.8, 4) is 0 Å². The fourth-order valence-electron chi connectivity index (χ4n) is 6.20. The highest BCUT2D eigenvalue weighted by molar-refractivity contribution is 7.99. The molecular formula is C37H41ClN6O2S. The van der Waals surface area contributed by atoms with E-state index >= 15 is 0 Å². The summed E-state index contributed by atoms with van der Waals surface area (Å²) in [6.07, 6.45) is 1.13. The molecule has 8 nitrogen and oxygen atoms in total. The van der Waals surface area contributed by atoms with Gasteiger partial charge in [0.15, 0.2) is 5.65 Å². The maximum absolute atomic E-state index is 13.3. The molecule has 1 aliphatic rings. The van der Waals surface area contributed by atoms with Gasteiger partial charge in [-0.05, 0) is 73.2 Å². The number of benzene rings is 3. The third-order valence-electron chi connectivity index (χ3n) is 8.84. The average Bonchev–Trinajstić information content (AvgIpc) is 3.33. The maximum atomic E-state index is 13.3. The minimum absolute atomic E-state index is 0.0220. The predicted molar refractivity (Wildman–Crippen MR) is 190 cm³/mol. The number of halogens is 1. The monoisotopic (exact) mass is 668 g/mol. The Kier molecular flexibility index (Phi) is 9.58. The summed E-state index contributed by atoms with van der Waals surface area (Å²) in [6, 6.07) is 22.1. The standard InChI is InChI=1S/C37H41ClN6O2S/c1-24-11-16-31-30(20-24)33-34(44(31)23-26-8-6-9-29(38)21-26)39-36(41-40-33)47-19-7-10-32(45)42-17-18-43(25(2)22-42)35(46)27-12-14-28(15-13-27)37(3,4)5/h6,8-9,11-16,20-21,25H,7,10,17-19,22-23H2,1-5H3. The van der Waals surface area contributed by atoms with Crippen LogP contribution >= 0.6 is 23.4 Å². The topological polar surface area (TPSA) is 84.2 Å². The zero-order chi connectivity index (χ0) is 33.3. The molecule has 1 saturated heterocycles. The summed E-state index contributed by atoms with van der Waals surface area (Å²) >= 11 is 7.80. The first-order valence-electron chi connectivity index (χ1n) is 16.2. The van der Waals surface area contributed by atoms with Crippen LogP contribution in [0.5, 0.6) is 0 Å². The average molecular weight is 669 g/mol. The molecule has 0 spiro atoms. The number of hydrogen-bond acceptors (Lipinski definition) is 6. The van der Waals surface area contributed by atoms with Crippen LogP contribution in [-0.4, -0.2) is 72.8 Å². The number of aryl methyl sites for hydroxylation is 1. The molecule has 5 aromatic rings. The van der Waals surface area contributed by atoms with Gasteiger partial charge < -0.3 is 14.4 Å². The van der Waals surface area contributed by atoms with Crippen LogP contribution in [0.15, 0.2) is 71.9 Å². The van der Waals surface area contributed by atoms with Gasteiger partial charge in [0.2, 0.25) is 11.1 Å². The second-order valence-electron chi connectivity index (χ2n) is 13.5. The van der Waals surface area contributed by atoms with Crippen LogP contribution in [-0.2, 0) is 16.8 Å². The Hall–Kier alpha value is -3.95. The molecule has 0 N–H and O–H groups in total. The summed E-state index contributed by atoms with van der Waals surface area (Å²) in [7, 11) is 0. The Morgan fingerprint density at radius 2 is 1.79 bits per heavy atom. The normalized spacial score (nSPS) is 15.5. The lowest BCUT2D eigenvalue weighted by atomic mass is 9.86. The molecule has 3 aromatic carbocycles. The lowest BCUT2D eigenvalue weighted by molar-refractivity contribution is -0.133. The Morgan fingerprint density at radius 3 is 2.51 bits per heavy atom. The molecule has 1 atom stereocenters. The molecule has 244 valence electrons. The van der Waals surface area contributed by atoms with Gasteiger partial charge in [-0.1, -0.05) is 80.0 Å². The van der Waals surface area contributed by atoms with Crippen molar-refractivity contribution in [1.82, 2.24) is 29.5 Å². The van der Waals surface area contributed by atoms with Gasteiger partial charge in [0.1, 0.15) is 5.52 Å². The predicted octanol–water partition coefficient (Wildman–Crippen LogP) is 7.53. The van der Waals surface area contributed by atoms with E-state index in [0.29, 0.717) is 60.5 Å². The van der Waals surface area contributed by atoms with Crippen molar-refractivity contribution in [2.24, 2.45) is 0 Å². The molecule has 0 aliphatic carbocycles. The first-order valence-corrected chi connectivity index (χ1v) is 17.5. The smallest absolute Gasteiger partial charge is 0.254 e. The van der Waals surface area contributed by atoms with E-state index in [-0.39, 0.29) is 23.3 Å². The van der Waals surface area contributed by atoms with Crippen molar-refractivity contribution < 1.29 is 9.59 Å². The largest absolute Gasteiger partial charge is 0.339 e. The van der Waals surface area contributed by atoms with Gasteiger partial charge in [-0.15, -0.1) is 10.2 Å². The van der Waals surface area contributed by atoms with E-state index in [9.17, 15) is 9.59 Å². The second kappa shape index (κ2) is 13.6. The fourth-order valence-corrected chi connectivity index (χ4v) is 7.14. The molecule has 0 bridgehead atoms. The number of thioether (sulfide) groups is 1. The van der Waals surface area contributed by atoms with Crippen molar-refractivity contribution >= 4 is 57.2 Å². The SMILES string of the molecule is Cc1ccc2c(c1)c1nnc(SCCCC(=O)N3CCN(C(=O)c4ccc(C(C)(C)C)cc4)C(C)C3)nc1n2Cc1cccc(Cl)c1. The lowest BCUT2D eigenvalue weighted by Crippen LogP contribution is -2.55. The van der Waals surface area contributed by atoms with Crippen LogP contribution in [0.1, 0.15) is 67.6 Å². The number of carbonyl (C=O) groups is 2. The summed E-state index contributed by atoms with van der Waals surface area (Å²) in [5, 5.41) is 11.4. The van der Waals surface area contributed by atoms with Crippen LogP contribution in [0.25, 0.3) is 22.1 Å². The van der Waals surface area contributed by atoms with E-state index < -0.39 is 0 Å². The van der Waals surface area contributed by atoms with Crippen LogP contribution in [0, 0.1) is 6.92 Å². The number of amides is 2. The quantitative estimate of drug-likeness (QED) is 0.126. The Bertz CT molecular complexity index is 1930. The molecule has 1 unspecified atom stereocenters. The highest BCUT2D eigenvalue weighted by atomic mass is 35.5. The Labute approximate surface area is 285 Å². The number of fused-ring (bicyclic) bond motifs is 3. The molecule has 47 heavy (non-hydrogen) atoms. The molecule has 0 saturated carbocycles. The number of nitrogens with zero attached hydrogens (tertiary/aromatic N) is 6.